The maximum Gasteiger partial charge on any atom is 0.227 e. The van der Waals surface area contributed by atoms with Gasteiger partial charge in [-0.05, 0) is 43.7 Å². The molecule has 0 aliphatic rings. The number of benzene rings is 2. The van der Waals surface area contributed by atoms with Crippen molar-refractivity contribution >= 4 is 33.0 Å². The SMILES string of the molecule is Cc1cc[n+](C)c(-c2ccc3c(oc4nc5ccccc5cc43)c2C)c1. The molecule has 3 heterocycles. The van der Waals surface area contributed by atoms with Gasteiger partial charge in [0.15, 0.2) is 6.20 Å². The highest BCUT2D eigenvalue weighted by atomic mass is 16.3. The first kappa shape index (κ1) is 15.1. The van der Waals surface area contributed by atoms with Crippen molar-refractivity contribution in [3.63, 3.8) is 0 Å². The van der Waals surface area contributed by atoms with E-state index in [1.165, 1.54) is 16.8 Å². The van der Waals surface area contributed by atoms with Crippen LogP contribution in [0.1, 0.15) is 11.1 Å². The lowest BCUT2D eigenvalue weighted by atomic mass is 10.0. The van der Waals surface area contributed by atoms with E-state index in [2.05, 4.69) is 68.1 Å². The van der Waals surface area contributed by atoms with Gasteiger partial charge in [0.25, 0.3) is 0 Å². The van der Waals surface area contributed by atoms with Crippen LogP contribution in [0.3, 0.4) is 0 Å². The summed E-state index contributed by atoms with van der Waals surface area (Å²) in [5.74, 6) is 0. The lowest BCUT2D eigenvalue weighted by molar-refractivity contribution is -0.660. The van der Waals surface area contributed by atoms with Crippen LogP contribution < -0.4 is 4.57 Å². The maximum atomic E-state index is 6.20. The summed E-state index contributed by atoms with van der Waals surface area (Å²) in [6.45, 7) is 4.25. The number of aromatic nitrogens is 2. The molecule has 3 nitrogen and oxygen atoms in total. The van der Waals surface area contributed by atoms with Gasteiger partial charge in [0, 0.05) is 33.9 Å². The zero-order valence-corrected chi connectivity index (χ0v) is 15.1. The van der Waals surface area contributed by atoms with Crippen LogP contribution in [-0.4, -0.2) is 4.98 Å². The molecule has 0 N–H and O–H groups in total. The molecule has 5 rings (SSSR count). The Morgan fingerprint density at radius 3 is 2.65 bits per heavy atom. The van der Waals surface area contributed by atoms with E-state index in [1.54, 1.807) is 0 Å². The molecule has 0 amide bonds. The third kappa shape index (κ3) is 2.14. The number of rotatable bonds is 1. The monoisotopic (exact) mass is 339 g/mol. The molecule has 0 saturated heterocycles. The van der Waals surface area contributed by atoms with Gasteiger partial charge in [0.1, 0.15) is 12.6 Å². The number of fused-ring (bicyclic) bond motifs is 4. The van der Waals surface area contributed by atoms with E-state index >= 15 is 0 Å². The third-order valence-electron chi connectivity index (χ3n) is 5.17. The Hall–Kier alpha value is -3.20. The van der Waals surface area contributed by atoms with Crippen LogP contribution in [0.4, 0.5) is 0 Å². The summed E-state index contributed by atoms with van der Waals surface area (Å²) >= 11 is 0. The van der Waals surface area contributed by atoms with Gasteiger partial charge in [-0.15, -0.1) is 0 Å². The summed E-state index contributed by atoms with van der Waals surface area (Å²) in [6.07, 6.45) is 2.10. The second kappa shape index (κ2) is 5.40. The lowest BCUT2D eigenvalue weighted by Gasteiger charge is -2.05. The normalized spacial score (nSPS) is 11.7. The lowest BCUT2D eigenvalue weighted by Crippen LogP contribution is -2.30. The largest absolute Gasteiger partial charge is 0.437 e. The molecule has 2 aromatic carbocycles. The quantitative estimate of drug-likeness (QED) is 0.391. The summed E-state index contributed by atoms with van der Waals surface area (Å²) in [6, 6.07) is 19.0. The Balaban J connectivity index is 1.84. The number of furan rings is 1. The molecule has 0 bridgehead atoms. The molecule has 0 atom stereocenters. The van der Waals surface area contributed by atoms with Crippen LogP contribution in [-0.2, 0) is 7.05 Å². The number of aryl methyl sites for hydroxylation is 3. The minimum atomic E-state index is 0.701. The van der Waals surface area contributed by atoms with Gasteiger partial charge in [0.05, 0.1) is 11.1 Å². The topological polar surface area (TPSA) is 29.9 Å². The highest BCUT2D eigenvalue weighted by Gasteiger charge is 2.18. The molecule has 0 fully saturated rings. The van der Waals surface area contributed by atoms with E-state index in [0.717, 1.165) is 32.8 Å². The maximum absolute atomic E-state index is 6.20. The number of hydrogen-bond donors (Lipinski definition) is 0. The molecule has 0 unspecified atom stereocenters. The smallest absolute Gasteiger partial charge is 0.227 e. The predicted molar refractivity (Wildman–Crippen MR) is 105 cm³/mol. The van der Waals surface area contributed by atoms with Crippen molar-refractivity contribution < 1.29 is 8.98 Å². The van der Waals surface area contributed by atoms with Gasteiger partial charge in [-0.25, -0.2) is 9.55 Å². The van der Waals surface area contributed by atoms with Crippen molar-refractivity contribution in [2.45, 2.75) is 13.8 Å². The molecule has 0 aliphatic heterocycles. The zero-order chi connectivity index (χ0) is 17.8. The third-order valence-corrected chi connectivity index (χ3v) is 5.17. The van der Waals surface area contributed by atoms with Crippen molar-refractivity contribution in [2.24, 2.45) is 7.05 Å². The van der Waals surface area contributed by atoms with Gasteiger partial charge < -0.3 is 4.42 Å². The summed E-state index contributed by atoms with van der Waals surface area (Å²) in [5, 5.41) is 3.33. The first-order valence-corrected chi connectivity index (χ1v) is 8.80. The van der Waals surface area contributed by atoms with E-state index in [4.69, 9.17) is 9.40 Å². The molecule has 0 radical (unpaired) electrons. The van der Waals surface area contributed by atoms with Crippen molar-refractivity contribution in [1.82, 2.24) is 4.98 Å². The number of para-hydroxylation sites is 1. The van der Waals surface area contributed by atoms with Gasteiger partial charge in [-0.3, -0.25) is 0 Å². The van der Waals surface area contributed by atoms with E-state index in [0.29, 0.717) is 5.71 Å². The predicted octanol–water partition coefficient (Wildman–Crippen LogP) is 5.24. The highest BCUT2D eigenvalue weighted by Crippen LogP contribution is 2.35. The number of nitrogens with zero attached hydrogens (tertiary/aromatic N) is 2. The molecule has 26 heavy (non-hydrogen) atoms. The summed E-state index contributed by atoms with van der Waals surface area (Å²) in [5.41, 5.74) is 7.34. The minimum Gasteiger partial charge on any atom is -0.437 e. The van der Waals surface area contributed by atoms with E-state index in [-0.39, 0.29) is 0 Å². The average molecular weight is 339 g/mol. The van der Waals surface area contributed by atoms with Crippen LogP contribution in [0, 0.1) is 13.8 Å². The molecular weight excluding hydrogens is 320 g/mol. The first-order valence-electron chi connectivity index (χ1n) is 8.80. The Morgan fingerprint density at radius 1 is 0.923 bits per heavy atom. The Labute approximate surface area is 151 Å². The minimum absolute atomic E-state index is 0.701. The van der Waals surface area contributed by atoms with Crippen LogP contribution in [0.2, 0.25) is 0 Å². The Morgan fingerprint density at radius 2 is 1.77 bits per heavy atom. The summed E-state index contributed by atoms with van der Waals surface area (Å²) in [4.78, 5) is 4.72. The average Bonchev–Trinajstić information content (AvgIpc) is 3.01. The second-order valence-corrected chi connectivity index (χ2v) is 6.95. The molecule has 5 aromatic rings. The summed E-state index contributed by atoms with van der Waals surface area (Å²) < 4.78 is 8.35. The highest BCUT2D eigenvalue weighted by molar-refractivity contribution is 6.09. The van der Waals surface area contributed by atoms with Crippen molar-refractivity contribution in [3.05, 3.63) is 71.9 Å². The number of pyridine rings is 2. The zero-order valence-electron chi connectivity index (χ0n) is 15.1. The molecule has 0 aliphatic carbocycles. The molecule has 0 saturated carbocycles. The van der Waals surface area contributed by atoms with Crippen molar-refractivity contribution in [2.75, 3.05) is 0 Å². The van der Waals surface area contributed by atoms with Gasteiger partial charge in [-0.1, -0.05) is 18.2 Å². The fourth-order valence-electron chi connectivity index (χ4n) is 3.72. The molecule has 0 spiro atoms. The van der Waals surface area contributed by atoms with Crippen molar-refractivity contribution in [1.29, 1.82) is 0 Å². The molecule has 126 valence electrons. The Kier molecular flexibility index (Phi) is 3.13. The first-order chi connectivity index (χ1) is 12.6. The van der Waals surface area contributed by atoms with Gasteiger partial charge >= 0.3 is 0 Å². The van der Waals surface area contributed by atoms with Gasteiger partial charge in [-0.2, -0.15) is 0 Å². The fourth-order valence-corrected chi connectivity index (χ4v) is 3.72. The molecule has 3 heteroatoms. The van der Waals surface area contributed by atoms with Gasteiger partial charge in [0.2, 0.25) is 11.4 Å². The van der Waals surface area contributed by atoms with Crippen LogP contribution in [0.5, 0.6) is 0 Å². The van der Waals surface area contributed by atoms with Crippen LogP contribution in [0.15, 0.2) is 65.2 Å². The summed E-state index contributed by atoms with van der Waals surface area (Å²) in [7, 11) is 2.07. The van der Waals surface area contributed by atoms with Crippen LogP contribution in [0.25, 0.3) is 44.2 Å². The fraction of sp³-hybridized carbons (Fsp3) is 0.130. The van der Waals surface area contributed by atoms with Crippen LogP contribution >= 0.6 is 0 Å². The van der Waals surface area contributed by atoms with E-state index < -0.39 is 0 Å². The van der Waals surface area contributed by atoms with Crippen molar-refractivity contribution in [3.8, 4) is 11.3 Å². The second-order valence-electron chi connectivity index (χ2n) is 6.95. The molecular formula is C23H19N2O+. The molecule has 3 aromatic heterocycles. The standard InChI is InChI=1S/C23H19N2O/c1-14-10-11-25(3)21(12-14)17-8-9-18-19-13-16-6-4-5-7-20(16)24-23(19)26-22(18)15(17)2/h4-13H,1-3H3/q+1. The van der Waals surface area contributed by atoms with E-state index in [9.17, 15) is 0 Å². The number of hydrogen-bond acceptors (Lipinski definition) is 2. The van der Waals surface area contributed by atoms with E-state index in [1.807, 2.05) is 18.2 Å². The Bertz CT molecular complexity index is 1310.